The monoisotopic (exact) mass is 282 g/mol. The fourth-order valence-electron chi connectivity index (χ4n) is 0. The van der Waals surface area contributed by atoms with Crippen LogP contribution < -0.4 is 0 Å². The van der Waals surface area contributed by atoms with E-state index in [0.717, 1.165) is 0 Å². The molecule has 0 rings (SSSR count). The van der Waals surface area contributed by atoms with Crippen molar-refractivity contribution in [3.63, 3.8) is 0 Å². The zero-order valence-electron chi connectivity index (χ0n) is 3.62. The number of rotatable bonds is 0. The summed E-state index contributed by atoms with van der Waals surface area (Å²) in [7, 11) is 0. The van der Waals surface area contributed by atoms with Crippen LogP contribution in [0.15, 0.2) is 0 Å². The van der Waals surface area contributed by atoms with E-state index in [1.807, 2.05) is 0 Å². The summed E-state index contributed by atoms with van der Waals surface area (Å²) in [6.07, 6.45) is 0. The molecule has 0 fully saturated rings. The molecule has 42 valence electrons. The molecular weight excluding hydrogens is 266 g/mol. The first-order chi connectivity index (χ1) is 0. The SMILES string of the molecule is O.O.O.[GeH2].[GeH2].[GeH2]. The first kappa shape index (κ1) is 140. The van der Waals surface area contributed by atoms with Crippen LogP contribution in [0.2, 0.25) is 0 Å². The van der Waals surface area contributed by atoms with Crippen LogP contribution >= 0.6 is 0 Å². The Morgan fingerprint density at radius 2 is 0.333 bits per heavy atom. The summed E-state index contributed by atoms with van der Waals surface area (Å²) in [6.45, 7) is 0. The van der Waals surface area contributed by atoms with Crippen molar-refractivity contribution in [2.24, 2.45) is 0 Å². The van der Waals surface area contributed by atoms with Gasteiger partial charge in [0.25, 0.3) is 0 Å². The van der Waals surface area contributed by atoms with Crippen molar-refractivity contribution >= 4 is 52.8 Å². The van der Waals surface area contributed by atoms with Crippen molar-refractivity contribution < 1.29 is 16.4 Å². The first-order valence-corrected chi connectivity index (χ1v) is 0. The van der Waals surface area contributed by atoms with Gasteiger partial charge in [0.15, 0.2) is 0 Å². The van der Waals surface area contributed by atoms with Crippen LogP contribution in [-0.2, 0) is 0 Å². The topological polar surface area (TPSA) is 94.5 Å². The van der Waals surface area contributed by atoms with Crippen molar-refractivity contribution in [1.29, 1.82) is 0 Å². The van der Waals surface area contributed by atoms with Gasteiger partial charge in [-0.1, -0.05) is 0 Å². The predicted molar refractivity (Wildman–Crippen MR) is 36.5 cm³/mol. The van der Waals surface area contributed by atoms with Crippen LogP contribution in [0.3, 0.4) is 0 Å². The molecule has 0 amide bonds. The fraction of sp³-hybridized carbons (Fsp3) is 0. The summed E-state index contributed by atoms with van der Waals surface area (Å²) in [4.78, 5) is 0. The molecule has 0 unspecified atom stereocenters. The van der Waals surface area contributed by atoms with Crippen molar-refractivity contribution in [2.75, 3.05) is 0 Å². The standard InChI is InChI=1S/3GeH2.3H2O/h6*1H2. The van der Waals surface area contributed by atoms with Crippen molar-refractivity contribution in [3.8, 4) is 0 Å². The van der Waals surface area contributed by atoms with Gasteiger partial charge in [0, 0.05) is 0 Å². The summed E-state index contributed by atoms with van der Waals surface area (Å²) < 4.78 is 0. The van der Waals surface area contributed by atoms with Gasteiger partial charge in [-0.05, 0) is 0 Å². The molecule has 0 saturated heterocycles. The number of hydrogen-bond acceptors (Lipinski definition) is 0. The molecule has 0 aliphatic heterocycles. The normalized spacial score (nSPS) is 0. The van der Waals surface area contributed by atoms with Crippen LogP contribution in [0.5, 0.6) is 0 Å². The molecule has 0 aliphatic carbocycles. The summed E-state index contributed by atoms with van der Waals surface area (Å²) in [5.74, 6) is 0. The number of hydrogen-bond donors (Lipinski definition) is 0. The Morgan fingerprint density at radius 1 is 0.333 bits per heavy atom. The van der Waals surface area contributed by atoms with Gasteiger partial charge in [-0.3, -0.25) is 0 Å². The molecule has 0 aromatic heterocycles. The summed E-state index contributed by atoms with van der Waals surface area (Å²) in [6, 6.07) is 0. The minimum absolute atomic E-state index is 0. The van der Waals surface area contributed by atoms with Gasteiger partial charge in [0.1, 0.15) is 0 Å². The molecule has 0 aliphatic rings. The van der Waals surface area contributed by atoms with Gasteiger partial charge in [-0.25, -0.2) is 0 Å². The minimum atomic E-state index is 0. The van der Waals surface area contributed by atoms with Crippen molar-refractivity contribution in [2.45, 2.75) is 0 Å². The van der Waals surface area contributed by atoms with E-state index in [1.54, 1.807) is 0 Å². The van der Waals surface area contributed by atoms with Crippen LogP contribution in [0.1, 0.15) is 0 Å². The van der Waals surface area contributed by atoms with Crippen LogP contribution in [0, 0.1) is 0 Å². The van der Waals surface area contributed by atoms with Gasteiger partial charge in [0.05, 0.1) is 0 Å². The van der Waals surface area contributed by atoms with E-state index in [1.165, 1.54) is 0 Å². The quantitative estimate of drug-likeness (QED) is 0.396. The summed E-state index contributed by atoms with van der Waals surface area (Å²) >= 11 is 0. The van der Waals surface area contributed by atoms with Crippen molar-refractivity contribution in [3.05, 3.63) is 0 Å². The molecule has 6 heteroatoms. The van der Waals surface area contributed by atoms with Gasteiger partial charge in [-0.15, -0.1) is 0 Å². The molecule has 6 heavy (non-hydrogen) atoms. The Kier molecular flexibility index (Phi) is 2020. The van der Waals surface area contributed by atoms with Gasteiger partial charge in [0.2, 0.25) is 0 Å². The van der Waals surface area contributed by atoms with E-state index in [4.69, 9.17) is 0 Å². The summed E-state index contributed by atoms with van der Waals surface area (Å²) in [5.41, 5.74) is 0. The molecule has 0 heterocycles. The van der Waals surface area contributed by atoms with Gasteiger partial charge in [-0.2, -0.15) is 0 Å². The van der Waals surface area contributed by atoms with E-state index in [9.17, 15) is 0 Å². The zero-order chi connectivity index (χ0) is 0. The van der Waals surface area contributed by atoms with E-state index in [0.29, 0.717) is 0 Å². The van der Waals surface area contributed by atoms with E-state index in [-0.39, 0.29) is 69.2 Å². The Hall–Kier alpha value is 1.51. The van der Waals surface area contributed by atoms with Crippen LogP contribution in [-0.4, -0.2) is 69.2 Å². The molecule has 0 saturated carbocycles. The van der Waals surface area contributed by atoms with E-state index < -0.39 is 0 Å². The first-order valence-electron chi connectivity index (χ1n) is 0. The third-order valence-corrected chi connectivity index (χ3v) is 0. The average Bonchev–Trinajstić information content (AvgIpc) is 0. The maximum atomic E-state index is 0. The Bertz CT molecular complexity index is 6.00. The molecule has 3 nitrogen and oxygen atoms in total. The second-order valence-electron chi connectivity index (χ2n) is 0. The van der Waals surface area contributed by atoms with Gasteiger partial charge >= 0.3 is 52.8 Å². The molecule has 6 radical (unpaired) electrons. The summed E-state index contributed by atoms with van der Waals surface area (Å²) in [5, 5.41) is 0. The fourth-order valence-corrected chi connectivity index (χ4v) is 0. The van der Waals surface area contributed by atoms with E-state index in [2.05, 4.69) is 0 Å². The predicted octanol–water partition coefficient (Wildman–Crippen LogP) is -5.22. The molecule has 0 aromatic rings. The second-order valence-corrected chi connectivity index (χ2v) is 0. The van der Waals surface area contributed by atoms with Crippen LogP contribution in [0.25, 0.3) is 0 Å². The van der Waals surface area contributed by atoms with Crippen LogP contribution in [0.4, 0.5) is 0 Å². The third kappa shape index (κ3) is 49.2. The second kappa shape index (κ2) is 86.8. The molecule has 0 aromatic carbocycles. The Labute approximate surface area is 69.1 Å². The molecule has 0 atom stereocenters. The van der Waals surface area contributed by atoms with Gasteiger partial charge < -0.3 is 16.4 Å². The third-order valence-electron chi connectivity index (χ3n) is 0. The molecule has 0 bridgehead atoms. The van der Waals surface area contributed by atoms with Crippen molar-refractivity contribution in [1.82, 2.24) is 0 Å². The Balaban J connectivity index is 0. The molecule has 6 N–H and O–H groups in total. The average molecular weight is 278 g/mol. The zero-order valence-corrected chi connectivity index (χ0v) is 12.5. The Morgan fingerprint density at radius 3 is 0.333 bits per heavy atom. The molecule has 0 spiro atoms. The maximum absolute atomic E-state index is 0. The molecular formula is H12Ge3O3. The van der Waals surface area contributed by atoms with E-state index >= 15 is 0 Å².